The van der Waals surface area contributed by atoms with Crippen molar-refractivity contribution in [2.75, 3.05) is 11.9 Å². The molecule has 4 heteroatoms. The molecule has 0 aliphatic carbocycles. The molecule has 0 saturated heterocycles. The largest absolute Gasteiger partial charge is 0.375 e. The minimum atomic E-state index is 0.0750. The molecule has 1 atom stereocenters. The highest BCUT2D eigenvalue weighted by Crippen LogP contribution is 2.23. The van der Waals surface area contributed by atoms with Gasteiger partial charge in [-0.1, -0.05) is 18.2 Å². The summed E-state index contributed by atoms with van der Waals surface area (Å²) in [6, 6.07) is 8.69. The van der Waals surface area contributed by atoms with Crippen molar-refractivity contribution in [2.45, 2.75) is 32.9 Å². The zero-order chi connectivity index (χ0) is 13.8. The number of rotatable bonds is 5. The summed E-state index contributed by atoms with van der Waals surface area (Å²) in [4.78, 5) is 4.24. The molecule has 0 spiro atoms. The smallest absolute Gasteiger partial charge is 0.0951 e. The lowest BCUT2D eigenvalue weighted by Gasteiger charge is -2.22. The fraction of sp³-hybridized carbons (Fsp3) is 0.400. The van der Waals surface area contributed by atoms with Gasteiger partial charge in [0.1, 0.15) is 0 Å². The van der Waals surface area contributed by atoms with Gasteiger partial charge >= 0.3 is 0 Å². The van der Waals surface area contributed by atoms with Crippen molar-refractivity contribution in [1.82, 2.24) is 9.55 Å². The Kier molecular flexibility index (Phi) is 4.22. The number of nitrogens with zero attached hydrogens (tertiary/aromatic N) is 2. The van der Waals surface area contributed by atoms with Crippen molar-refractivity contribution in [3.8, 4) is 0 Å². The molecule has 4 nitrogen and oxygen atoms in total. The second-order valence-corrected chi connectivity index (χ2v) is 5.07. The third-order valence-corrected chi connectivity index (χ3v) is 3.32. The average Bonchev–Trinajstić information content (AvgIpc) is 2.87. The van der Waals surface area contributed by atoms with E-state index in [0.29, 0.717) is 12.6 Å². The Hall–Kier alpha value is -1.81. The summed E-state index contributed by atoms with van der Waals surface area (Å²) in [5.74, 6) is 0. The van der Waals surface area contributed by atoms with Crippen LogP contribution >= 0.6 is 0 Å². The second kappa shape index (κ2) is 5.89. The normalized spacial score (nSPS) is 12.7. The maximum atomic E-state index is 5.93. The van der Waals surface area contributed by atoms with Crippen LogP contribution in [0, 0.1) is 6.92 Å². The average molecular weight is 258 g/mol. The lowest BCUT2D eigenvalue weighted by molar-refractivity contribution is 0.553. The van der Waals surface area contributed by atoms with Crippen LogP contribution in [0.15, 0.2) is 36.8 Å². The van der Waals surface area contributed by atoms with Gasteiger partial charge in [-0.25, -0.2) is 4.98 Å². The van der Waals surface area contributed by atoms with Gasteiger partial charge in [0.25, 0.3) is 0 Å². The van der Waals surface area contributed by atoms with Gasteiger partial charge in [0.2, 0.25) is 0 Å². The molecule has 102 valence electrons. The van der Waals surface area contributed by atoms with Crippen molar-refractivity contribution in [2.24, 2.45) is 5.73 Å². The van der Waals surface area contributed by atoms with E-state index in [4.69, 9.17) is 5.73 Å². The minimum Gasteiger partial charge on any atom is -0.375 e. The van der Waals surface area contributed by atoms with Crippen molar-refractivity contribution in [3.63, 3.8) is 0 Å². The first-order valence-corrected chi connectivity index (χ1v) is 6.67. The highest BCUT2D eigenvalue weighted by molar-refractivity contribution is 5.51. The predicted octanol–water partition coefficient (Wildman–Crippen LogP) is 2.88. The molecule has 0 aliphatic heterocycles. The predicted molar refractivity (Wildman–Crippen MR) is 79.2 cm³/mol. The molecule has 3 N–H and O–H groups in total. The molecule has 1 aromatic heterocycles. The van der Waals surface area contributed by atoms with Crippen LogP contribution in [-0.2, 0) is 0 Å². The summed E-state index contributed by atoms with van der Waals surface area (Å²) in [7, 11) is 0. The summed E-state index contributed by atoms with van der Waals surface area (Å²) in [5.41, 5.74) is 9.39. The first kappa shape index (κ1) is 13.6. The number of aromatic nitrogens is 2. The van der Waals surface area contributed by atoms with Crippen LogP contribution in [-0.4, -0.2) is 16.1 Å². The SMILES string of the molecule is Cc1ccccc1NC(CN)c1cncn1C(C)C. The van der Waals surface area contributed by atoms with E-state index in [1.165, 1.54) is 5.56 Å². The zero-order valence-corrected chi connectivity index (χ0v) is 11.8. The summed E-state index contributed by atoms with van der Waals surface area (Å²) in [5, 5.41) is 3.51. The second-order valence-electron chi connectivity index (χ2n) is 5.07. The Labute approximate surface area is 114 Å². The molecule has 0 fully saturated rings. The topological polar surface area (TPSA) is 55.9 Å². The van der Waals surface area contributed by atoms with Crippen molar-refractivity contribution >= 4 is 5.69 Å². The Balaban J connectivity index is 2.26. The Bertz CT molecular complexity index is 530. The third kappa shape index (κ3) is 2.96. The number of para-hydroxylation sites is 1. The number of aryl methyl sites for hydroxylation is 1. The zero-order valence-electron chi connectivity index (χ0n) is 11.8. The molecule has 0 bridgehead atoms. The van der Waals surface area contributed by atoms with Gasteiger partial charge < -0.3 is 15.6 Å². The van der Waals surface area contributed by atoms with E-state index in [1.54, 1.807) is 0 Å². The van der Waals surface area contributed by atoms with Crippen LogP contribution in [0.3, 0.4) is 0 Å². The highest BCUT2D eigenvalue weighted by atomic mass is 15.1. The molecular weight excluding hydrogens is 236 g/mol. The quantitative estimate of drug-likeness (QED) is 0.867. The standard InChI is InChI=1S/C15H22N4/c1-11(2)19-10-17-9-15(19)14(8-16)18-13-7-5-4-6-12(13)3/h4-7,9-11,14,18H,8,16H2,1-3H3. The molecule has 0 aliphatic rings. The van der Waals surface area contributed by atoms with Gasteiger partial charge in [0.15, 0.2) is 0 Å². The molecule has 1 unspecified atom stereocenters. The van der Waals surface area contributed by atoms with Gasteiger partial charge in [-0.15, -0.1) is 0 Å². The monoisotopic (exact) mass is 258 g/mol. The van der Waals surface area contributed by atoms with E-state index in [9.17, 15) is 0 Å². The van der Waals surface area contributed by atoms with Crippen LogP contribution in [0.4, 0.5) is 5.69 Å². The molecule has 19 heavy (non-hydrogen) atoms. The molecular formula is C15H22N4. The van der Waals surface area contributed by atoms with Gasteiger partial charge in [0, 0.05) is 18.3 Å². The Morgan fingerprint density at radius 3 is 2.68 bits per heavy atom. The summed E-state index contributed by atoms with van der Waals surface area (Å²) >= 11 is 0. The van der Waals surface area contributed by atoms with Crippen LogP contribution in [0.1, 0.15) is 37.2 Å². The molecule has 1 heterocycles. The van der Waals surface area contributed by atoms with E-state index < -0.39 is 0 Å². The van der Waals surface area contributed by atoms with E-state index in [1.807, 2.05) is 24.7 Å². The van der Waals surface area contributed by atoms with Gasteiger partial charge in [-0.3, -0.25) is 0 Å². The lowest BCUT2D eigenvalue weighted by atomic mass is 10.1. The van der Waals surface area contributed by atoms with Crippen molar-refractivity contribution in [1.29, 1.82) is 0 Å². The maximum Gasteiger partial charge on any atom is 0.0951 e. The van der Waals surface area contributed by atoms with Crippen LogP contribution in [0.25, 0.3) is 0 Å². The van der Waals surface area contributed by atoms with E-state index in [0.717, 1.165) is 11.4 Å². The molecule has 0 saturated carbocycles. The first-order valence-electron chi connectivity index (χ1n) is 6.67. The number of imidazole rings is 1. The third-order valence-electron chi connectivity index (χ3n) is 3.32. The number of nitrogens with two attached hydrogens (primary N) is 1. The van der Waals surface area contributed by atoms with E-state index in [-0.39, 0.29) is 6.04 Å². The number of anilines is 1. The number of benzene rings is 1. The van der Waals surface area contributed by atoms with Crippen LogP contribution in [0.2, 0.25) is 0 Å². The summed E-state index contributed by atoms with van der Waals surface area (Å²) in [6.07, 6.45) is 3.75. The summed E-state index contributed by atoms with van der Waals surface area (Å²) < 4.78 is 2.16. The first-order chi connectivity index (χ1) is 9.13. The fourth-order valence-electron chi connectivity index (χ4n) is 2.19. The van der Waals surface area contributed by atoms with Gasteiger partial charge in [-0.05, 0) is 32.4 Å². The fourth-order valence-corrected chi connectivity index (χ4v) is 2.19. The highest BCUT2D eigenvalue weighted by Gasteiger charge is 2.16. The number of hydrogen-bond donors (Lipinski definition) is 2. The van der Waals surface area contributed by atoms with Gasteiger partial charge in [0.05, 0.1) is 24.3 Å². The summed E-state index contributed by atoms with van der Waals surface area (Å²) in [6.45, 7) is 6.92. The van der Waals surface area contributed by atoms with Crippen LogP contribution in [0.5, 0.6) is 0 Å². The Morgan fingerprint density at radius 2 is 2.05 bits per heavy atom. The molecule has 0 amide bonds. The van der Waals surface area contributed by atoms with Crippen LogP contribution < -0.4 is 11.1 Å². The lowest BCUT2D eigenvalue weighted by Crippen LogP contribution is -2.24. The molecule has 2 aromatic rings. The van der Waals surface area contributed by atoms with Crippen molar-refractivity contribution < 1.29 is 0 Å². The molecule has 1 aromatic carbocycles. The molecule has 2 rings (SSSR count). The number of nitrogens with one attached hydrogen (secondary N) is 1. The maximum absolute atomic E-state index is 5.93. The Morgan fingerprint density at radius 1 is 1.32 bits per heavy atom. The van der Waals surface area contributed by atoms with Gasteiger partial charge in [-0.2, -0.15) is 0 Å². The minimum absolute atomic E-state index is 0.0750. The molecule has 0 radical (unpaired) electrons. The van der Waals surface area contributed by atoms with Crippen molar-refractivity contribution in [3.05, 3.63) is 48.0 Å². The van der Waals surface area contributed by atoms with E-state index in [2.05, 4.69) is 47.8 Å². The number of hydrogen-bond acceptors (Lipinski definition) is 3. The van der Waals surface area contributed by atoms with E-state index >= 15 is 0 Å².